The van der Waals surface area contributed by atoms with Crippen molar-refractivity contribution in [1.29, 1.82) is 0 Å². The van der Waals surface area contributed by atoms with Crippen LogP contribution in [0.4, 0.5) is 11.4 Å². The molecule has 0 bridgehead atoms. The molecule has 5 heterocycles. The number of phenolic OH excluding ortho intramolecular Hbond substituents is 1. The second kappa shape index (κ2) is 11.1. The molecule has 0 unspecified atom stereocenters. The molecule has 0 saturated heterocycles. The summed E-state index contributed by atoms with van der Waals surface area (Å²) in [5.41, 5.74) is 12.0. The van der Waals surface area contributed by atoms with Crippen molar-refractivity contribution in [2.24, 2.45) is 0 Å². The van der Waals surface area contributed by atoms with E-state index in [1.807, 2.05) is 53.2 Å². The first kappa shape index (κ1) is 30.3. The quantitative estimate of drug-likeness (QED) is 0.140. The van der Waals surface area contributed by atoms with Gasteiger partial charge in [0.05, 0.1) is 27.9 Å². The van der Waals surface area contributed by atoms with Crippen molar-refractivity contribution in [1.82, 2.24) is 18.9 Å². The van der Waals surface area contributed by atoms with Crippen LogP contribution in [0.1, 0.15) is 19.4 Å². The third-order valence-electron chi connectivity index (χ3n) is 9.68. The molecule has 5 aromatic carbocycles. The van der Waals surface area contributed by atoms with Gasteiger partial charge in [-0.3, -0.25) is 13.5 Å². The van der Waals surface area contributed by atoms with Crippen molar-refractivity contribution in [3.63, 3.8) is 0 Å². The van der Waals surface area contributed by atoms with Crippen molar-refractivity contribution in [3.05, 3.63) is 145 Å². The smallest absolute Gasteiger partial charge is 0.513 e. The maximum atomic E-state index is 11.1. The van der Waals surface area contributed by atoms with Crippen LogP contribution in [0.25, 0.3) is 61.6 Å². The number of aromatic hydroxyl groups is 1. The van der Waals surface area contributed by atoms with E-state index >= 15 is 0 Å². The van der Waals surface area contributed by atoms with Crippen LogP contribution in [-0.2, 0) is 21.1 Å². The van der Waals surface area contributed by atoms with E-state index in [1.54, 1.807) is 6.07 Å². The van der Waals surface area contributed by atoms with Crippen LogP contribution < -0.4 is 4.90 Å². The number of imidazole rings is 2. The van der Waals surface area contributed by atoms with Gasteiger partial charge in [0.15, 0.2) is 5.65 Å². The largest absolute Gasteiger partial charge is 2.00 e. The Kier molecular flexibility index (Phi) is 6.74. The Morgan fingerprint density at radius 1 is 0.700 bits per heavy atom. The molecule has 50 heavy (non-hydrogen) atoms. The molecule has 0 radical (unpaired) electrons. The number of fused-ring (bicyclic) bond motifs is 13. The minimum atomic E-state index is -0.531. The third-order valence-corrected chi connectivity index (χ3v) is 9.68. The third kappa shape index (κ3) is 4.30. The van der Waals surface area contributed by atoms with Gasteiger partial charge in [-0.15, -0.1) is 11.6 Å². The van der Waals surface area contributed by atoms with Gasteiger partial charge >= 0.3 is 21.1 Å². The fraction of sp³-hybridized carbons (Fsp3) is 0.0714. The molecule has 3 aromatic heterocycles. The zero-order valence-corrected chi connectivity index (χ0v) is 29.4. The Balaban J connectivity index is 0.00000336. The van der Waals surface area contributed by atoms with E-state index in [0.717, 1.165) is 72.9 Å². The number of nitrogens with zero attached hydrogens (tertiary/aromatic N) is 6. The number of aromatic nitrogens is 4. The van der Waals surface area contributed by atoms with Crippen LogP contribution in [0.2, 0.25) is 0 Å². The van der Waals surface area contributed by atoms with Gasteiger partial charge in [0, 0.05) is 6.20 Å². The van der Waals surface area contributed by atoms with Gasteiger partial charge in [0.1, 0.15) is 11.3 Å². The van der Waals surface area contributed by atoms with Gasteiger partial charge in [-0.2, -0.15) is 12.1 Å². The molecule has 242 valence electrons. The molecule has 0 amide bonds. The van der Waals surface area contributed by atoms with Crippen molar-refractivity contribution in [2.45, 2.75) is 19.4 Å². The van der Waals surface area contributed by atoms with Gasteiger partial charge in [-0.1, -0.05) is 95.8 Å². The van der Waals surface area contributed by atoms with Crippen LogP contribution >= 0.6 is 0 Å². The second-order valence-electron chi connectivity index (χ2n) is 13.1. The van der Waals surface area contributed by atoms with Crippen LogP contribution in [0.5, 0.6) is 5.75 Å². The van der Waals surface area contributed by atoms with Crippen molar-refractivity contribution in [3.8, 4) is 33.7 Å². The van der Waals surface area contributed by atoms with E-state index in [-0.39, 0.29) is 26.8 Å². The Morgan fingerprint density at radius 2 is 1.36 bits per heavy atom. The van der Waals surface area contributed by atoms with E-state index in [1.165, 1.54) is 0 Å². The Bertz CT molecular complexity index is 2740. The first-order valence-electron chi connectivity index (χ1n) is 16.3. The summed E-state index contributed by atoms with van der Waals surface area (Å²) in [6.07, 6.45) is 7.81. The molecule has 1 N–H and O–H groups in total. The van der Waals surface area contributed by atoms with Crippen LogP contribution in [-0.4, -0.2) is 40.5 Å². The number of pyridine rings is 1. The molecule has 7 nitrogen and oxygen atoms in total. The van der Waals surface area contributed by atoms with Gasteiger partial charge in [-0.25, -0.2) is 9.97 Å². The minimum Gasteiger partial charge on any atom is -0.513 e. The minimum absolute atomic E-state index is 0. The topological polar surface area (TPSA) is 61.6 Å². The van der Waals surface area contributed by atoms with E-state index in [2.05, 4.69) is 119 Å². The predicted octanol–water partition coefficient (Wildman–Crippen LogP) is 8.87. The van der Waals surface area contributed by atoms with Gasteiger partial charge in [0.25, 0.3) is 0 Å². The summed E-state index contributed by atoms with van der Waals surface area (Å²) in [5, 5.41) is 11.1. The molecule has 8 aromatic rings. The normalized spacial score (nSPS) is 14.5. The number of rotatable bonds is 2. The Hall–Kier alpha value is -5.78. The fourth-order valence-corrected chi connectivity index (χ4v) is 7.48. The standard InChI is InChI=1S/C42H29N6O.Pt/c1-42(2)25-38-31-15-6-5-13-29(31)28-12-3-4-14-30(28)32-22-21-27(24-37(32)45(38)26-46(42)35-18-9-10-20-39(35)49)47-40-36(19-11-23-43-40)48-34-17-8-7-16-33(34)44-41(47)48;/h3-23,25,49H,1-2H3;/q-1;+2. The van der Waals surface area contributed by atoms with Crippen LogP contribution in [0.15, 0.2) is 134 Å². The van der Waals surface area contributed by atoms with E-state index in [4.69, 9.17) is 9.97 Å². The Labute approximate surface area is 303 Å². The molecule has 8 heteroatoms. The summed E-state index contributed by atoms with van der Waals surface area (Å²) in [6.45, 7) is 4.29. The van der Waals surface area contributed by atoms with Crippen LogP contribution in [0, 0.1) is 6.07 Å². The molecule has 0 aliphatic carbocycles. The van der Waals surface area contributed by atoms with Crippen molar-refractivity contribution in [2.75, 3.05) is 4.90 Å². The van der Waals surface area contributed by atoms with Crippen LogP contribution in [0.3, 0.4) is 0 Å². The zero-order valence-electron chi connectivity index (χ0n) is 27.1. The average Bonchev–Trinajstić information content (AvgIpc) is 3.66. The summed E-state index contributed by atoms with van der Waals surface area (Å²) in [4.78, 5) is 12.0. The second-order valence-corrected chi connectivity index (χ2v) is 13.1. The van der Waals surface area contributed by atoms with Gasteiger partial charge in [0.2, 0.25) is 12.1 Å². The summed E-state index contributed by atoms with van der Waals surface area (Å²) in [6, 6.07) is 44.9. The predicted molar refractivity (Wildman–Crippen MR) is 195 cm³/mol. The van der Waals surface area contributed by atoms with Gasteiger partial charge < -0.3 is 10.0 Å². The average molecular weight is 829 g/mol. The van der Waals surface area contributed by atoms with E-state index in [0.29, 0.717) is 5.69 Å². The number of hydrogen-bond donors (Lipinski definition) is 1. The fourth-order valence-electron chi connectivity index (χ4n) is 7.48. The summed E-state index contributed by atoms with van der Waals surface area (Å²) < 4.78 is 6.27. The maximum absolute atomic E-state index is 11.1. The summed E-state index contributed by atoms with van der Waals surface area (Å²) in [5.74, 6) is 0.955. The number of benzene rings is 5. The first-order valence-corrected chi connectivity index (χ1v) is 16.3. The van der Waals surface area contributed by atoms with Crippen molar-refractivity contribution >= 4 is 51.4 Å². The van der Waals surface area contributed by atoms with Crippen molar-refractivity contribution < 1.29 is 30.7 Å². The maximum Gasteiger partial charge on any atom is 2.00 e. The summed E-state index contributed by atoms with van der Waals surface area (Å²) >= 11 is 0. The number of para-hydroxylation sites is 4. The molecule has 10 rings (SSSR count). The van der Waals surface area contributed by atoms with Gasteiger partial charge in [-0.05, 0) is 66.9 Å². The SMILES string of the molecule is CC1(C)C=C2c3ccccc3-c3ccccc3-c3ccc(-n4c5ncccc5n5c6ccccc6nc45)[c-]c3N2[C-]=[N+]1c1ccccc1O.[Pt+2]. The first-order chi connectivity index (χ1) is 24.0. The van der Waals surface area contributed by atoms with E-state index in [9.17, 15) is 5.11 Å². The van der Waals surface area contributed by atoms with E-state index < -0.39 is 5.54 Å². The molecule has 2 aliphatic rings. The molecule has 0 atom stereocenters. The Morgan fingerprint density at radius 3 is 2.16 bits per heavy atom. The number of phenols is 1. The molecule has 0 spiro atoms. The molecular formula is C42H29N6OPt+. The number of hydrogen-bond acceptors (Lipinski definition) is 4. The molecular weight excluding hydrogens is 800 g/mol. The molecule has 0 saturated carbocycles. The molecule has 2 aliphatic heterocycles. The molecule has 0 fully saturated rings. The zero-order chi connectivity index (χ0) is 32.9. The summed E-state index contributed by atoms with van der Waals surface area (Å²) in [7, 11) is 0. The monoisotopic (exact) mass is 828 g/mol. The number of anilines is 1.